The molecule has 0 fully saturated rings. The SMILES string of the molecule is [Os+].[c-]1cccc2c1c1nc(O[PH+]3Oc4ccccc4-c4ccccc4O3)cn1c1ccccc21. The van der Waals surface area contributed by atoms with E-state index < -0.39 is 8.60 Å². The van der Waals surface area contributed by atoms with E-state index in [-0.39, 0.29) is 19.8 Å². The molecule has 34 heavy (non-hydrogen) atoms. The second-order valence-electron chi connectivity index (χ2n) is 7.80. The van der Waals surface area contributed by atoms with Crippen molar-refractivity contribution in [2.45, 2.75) is 0 Å². The maximum absolute atomic E-state index is 6.24. The van der Waals surface area contributed by atoms with Crippen molar-refractivity contribution in [3.8, 4) is 28.5 Å². The molecule has 1 aliphatic rings. The summed E-state index contributed by atoms with van der Waals surface area (Å²) in [6, 6.07) is 33.4. The Morgan fingerprint density at radius 3 is 2.18 bits per heavy atom. The van der Waals surface area contributed by atoms with Crippen LogP contribution in [0.2, 0.25) is 0 Å². The van der Waals surface area contributed by atoms with Gasteiger partial charge in [-0.2, -0.15) is 0 Å². The number of pyridine rings is 1. The zero-order chi connectivity index (χ0) is 21.8. The van der Waals surface area contributed by atoms with Gasteiger partial charge >= 0.3 is 28.4 Å². The molecule has 3 heterocycles. The number of imidazole rings is 1. The molecule has 0 bridgehead atoms. The number of benzene rings is 4. The number of hydrogen-bond acceptors (Lipinski definition) is 4. The van der Waals surface area contributed by atoms with E-state index in [1.165, 1.54) is 0 Å². The van der Waals surface area contributed by atoms with Crippen LogP contribution in [0.3, 0.4) is 0 Å². The zero-order valence-corrected chi connectivity index (χ0v) is 21.3. The first kappa shape index (κ1) is 21.1. The van der Waals surface area contributed by atoms with Crippen molar-refractivity contribution in [1.29, 1.82) is 0 Å². The predicted octanol–water partition coefficient (Wildman–Crippen LogP) is 6.91. The molecule has 0 saturated carbocycles. The molecule has 5 nitrogen and oxygen atoms in total. The van der Waals surface area contributed by atoms with E-state index in [2.05, 4.69) is 24.3 Å². The first-order valence-electron chi connectivity index (χ1n) is 10.6. The summed E-state index contributed by atoms with van der Waals surface area (Å²) in [6.45, 7) is 0. The molecule has 7 rings (SSSR count). The molecule has 0 amide bonds. The van der Waals surface area contributed by atoms with Crippen molar-refractivity contribution in [2.75, 3.05) is 0 Å². The Bertz CT molecular complexity index is 1560. The molecule has 0 N–H and O–H groups in total. The summed E-state index contributed by atoms with van der Waals surface area (Å²) in [4.78, 5) is 4.80. The predicted molar refractivity (Wildman–Crippen MR) is 131 cm³/mol. The fourth-order valence-electron chi connectivity index (χ4n) is 4.41. The normalized spacial score (nSPS) is 12.8. The van der Waals surface area contributed by atoms with Gasteiger partial charge in [0.2, 0.25) is 0 Å². The number of rotatable bonds is 2. The van der Waals surface area contributed by atoms with E-state index in [1.807, 2.05) is 83.4 Å². The third-order valence-electron chi connectivity index (χ3n) is 5.86. The first-order valence-corrected chi connectivity index (χ1v) is 11.9. The van der Waals surface area contributed by atoms with Gasteiger partial charge in [0.15, 0.2) is 11.5 Å². The Labute approximate surface area is 210 Å². The van der Waals surface area contributed by atoms with Gasteiger partial charge in [-0.3, -0.25) is 13.6 Å². The van der Waals surface area contributed by atoms with Crippen LogP contribution < -0.4 is 13.6 Å². The number of fused-ring (bicyclic) bond motifs is 9. The standard InChI is InChI=1S/C27H17N2O3P.Os/c1-2-13-22-18(9-1)19-10-3-6-14-23(19)29-17-26(28-27(22)29)32-33-30-24-15-7-4-11-20(24)21-12-5-8-16-25(21)31-33;/h1-12,14-17,33H;/q;+1. The summed E-state index contributed by atoms with van der Waals surface area (Å²) in [5.74, 6) is 1.93. The molecule has 0 saturated heterocycles. The molecule has 0 spiro atoms. The van der Waals surface area contributed by atoms with Crippen LogP contribution in [-0.2, 0) is 19.8 Å². The Kier molecular flexibility index (Phi) is 5.22. The molecule has 0 atom stereocenters. The van der Waals surface area contributed by atoms with Gasteiger partial charge in [-0.25, -0.2) is 4.98 Å². The summed E-state index contributed by atoms with van der Waals surface area (Å²) < 4.78 is 20.7. The molecule has 0 unspecified atom stereocenters. The van der Waals surface area contributed by atoms with Crippen LogP contribution in [-0.4, -0.2) is 9.38 Å². The van der Waals surface area contributed by atoms with Gasteiger partial charge in [-0.05, 0) is 23.6 Å². The zero-order valence-electron chi connectivity index (χ0n) is 17.7. The van der Waals surface area contributed by atoms with E-state index >= 15 is 0 Å². The minimum Gasteiger partial charge on any atom is -0.336 e. The number of para-hydroxylation sites is 3. The van der Waals surface area contributed by atoms with E-state index in [4.69, 9.17) is 18.6 Å². The summed E-state index contributed by atoms with van der Waals surface area (Å²) in [5, 5.41) is 3.19. The van der Waals surface area contributed by atoms with Gasteiger partial charge in [0.25, 0.3) is 5.88 Å². The van der Waals surface area contributed by atoms with Crippen LogP contribution in [0.25, 0.3) is 38.4 Å². The van der Waals surface area contributed by atoms with Crippen molar-refractivity contribution in [1.82, 2.24) is 9.38 Å². The second-order valence-corrected chi connectivity index (χ2v) is 8.91. The van der Waals surface area contributed by atoms with Gasteiger partial charge in [0.05, 0.1) is 11.8 Å². The minimum atomic E-state index is -2.20. The Morgan fingerprint density at radius 2 is 1.41 bits per heavy atom. The molecule has 2 aromatic heterocycles. The third-order valence-corrected chi connectivity index (χ3v) is 7.01. The number of hydrogen-bond donors (Lipinski definition) is 0. The van der Waals surface area contributed by atoms with E-state index in [9.17, 15) is 0 Å². The molecule has 0 aliphatic carbocycles. The van der Waals surface area contributed by atoms with Gasteiger partial charge in [-0.15, -0.1) is 29.7 Å². The molecule has 4 aromatic carbocycles. The van der Waals surface area contributed by atoms with Gasteiger partial charge < -0.3 is 4.40 Å². The molecule has 7 heteroatoms. The van der Waals surface area contributed by atoms with Gasteiger partial charge in [0.1, 0.15) is 0 Å². The summed E-state index contributed by atoms with van der Waals surface area (Å²) >= 11 is 0. The Hall–Kier alpha value is -3.44. The van der Waals surface area contributed by atoms with Crippen LogP contribution in [0.15, 0.2) is 97.2 Å². The van der Waals surface area contributed by atoms with Crippen molar-refractivity contribution in [2.24, 2.45) is 0 Å². The van der Waals surface area contributed by atoms with E-state index in [1.54, 1.807) is 0 Å². The van der Waals surface area contributed by atoms with Crippen LogP contribution >= 0.6 is 8.60 Å². The van der Waals surface area contributed by atoms with Gasteiger partial charge in [0, 0.05) is 16.6 Å². The molecular formula is C27H17N2O3OsP+. The summed E-state index contributed by atoms with van der Waals surface area (Å²) in [6.07, 6.45) is 1.89. The topological polar surface area (TPSA) is 45.0 Å². The largest absolute Gasteiger partial charge is 1.00 e. The first-order chi connectivity index (χ1) is 16.3. The quantitative estimate of drug-likeness (QED) is 0.118. The molecule has 1 radical (unpaired) electrons. The van der Waals surface area contributed by atoms with Crippen LogP contribution in [0.1, 0.15) is 0 Å². The molecule has 165 valence electrons. The molecule has 1 aliphatic heterocycles. The van der Waals surface area contributed by atoms with Crippen molar-refractivity contribution in [3.63, 3.8) is 0 Å². The number of aromatic nitrogens is 2. The maximum Gasteiger partial charge on any atom is 1.00 e. The number of nitrogens with zero attached hydrogens (tertiary/aromatic N) is 2. The minimum absolute atomic E-state index is 0. The van der Waals surface area contributed by atoms with Gasteiger partial charge in [-0.1, -0.05) is 60.0 Å². The van der Waals surface area contributed by atoms with E-state index in [0.717, 1.165) is 49.9 Å². The van der Waals surface area contributed by atoms with Crippen LogP contribution in [0, 0.1) is 6.07 Å². The smallest absolute Gasteiger partial charge is 0.336 e. The van der Waals surface area contributed by atoms with Crippen molar-refractivity contribution >= 4 is 35.9 Å². The summed E-state index contributed by atoms with van der Waals surface area (Å²) in [7, 11) is -2.20. The van der Waals surface area contributed by atoms with Crippen molar-refractivity contribution < 1.29 is 33.4 Å². The summed E-state index contributed by atoms with van der Waals surface area (Å²) in [5.41, 5.74) is 3.81. The fraction of sp³-hybridized carbons (Fsp3) is 0. The third kappa shape index (κ3) is 3.34. The van der Waals surface area contributed by atoms with E-state index in [0.29, 0.717) is 5.88 Å². The average molecular weight is 639 g/mol. The Morgan fingerprint density at radius 1 is 0.765 bits per heavy atom. The maximum atomic E-state index is 6.24. The Balaban J connectivity index is 0.00000217. The average Bonchev–Trinajstić information content (AvgIpc) is 3.22. The molecule has 6 aromatic rings. The second kappa shape index (κ2) is 8.40. The fourth-order valence-corrected chi connectivity index (χ4v) is 5.52. The van der Waals surface area contributed by atoms with Crippen LogP contribution in [0.5, 0.6) is 17.4 Å². The molecular weight excluding hydrogens is 622 g/mol. The van der Waals surface area contributed by atoms with Crippen LogP contribution in [0.4, 0.5) is 0 Å². The van der Waals surface area contributed by atoms with Crippen molar-refractivity contribution in [3.05, 3.63) is 103 Å². The monoisotopic (exact) mass is 640 g/mol.